The van der Waals surface area contributed by atoms with E-state index < -0.39 is 15.4 Å². The molecule has 37 heavy (non-hydrogen) atoms. The Morgan fingerprint density at radius 1 is 1.03 bits per heavy atom. The molecule has 0 radical (unpaired) electrons. The van der Waals surface area contributed by atoms with Crippen molar-refractivity contribution in [3.63, 3.8) is 0 Å². The van der Waals surface area contributed by atoms with Crippen LogP contribution >= 0.6 is 0 Å². The third kappa shape index (κ3) is 5.03. The van der Waals surface area contributed by atoms with Gasteiger partial charge in [0.25, 0.3) is 10.0 Å². The van der Waals surface area contributed by atoms with E-state index in [4.69, 9.17) is 9.26 Å². The molecule has 2 aromatic carbocycles. The molecule has 4 aromatic rings. The van der Waals surface area contributed by atoms with Gasteiger partial charge in [-0.15, -0.1) is 0 Å². The lowest BCUT2D eigenvalue weighted by Crippen LogP contribution is -2.28. The molecule has 1 fully saturated rings. The van der Waals surface area contributed by atoms with Crippen molar-refractivity contribution < 1.29 is 22.5 Å². The van der Waals surface area contributed by atoms with Gasteiger partial charge in [0.05, 0.1) is 23.1 Å². The lowest BCUT2D eigenvalue weighted by atomic mass is 10.00. The smallest absolute Gasteiger partial charge is 0.263 e. The van der Waals surface area contributed by atoms with Gasteiger partial charge in [0, 0.05) is 29.1 Å². The minimum absolute atomic E-state index is 0.0417. The fourth-order valence-corrected chi connectivity index (χ4v) is 5.06. The van der Waals surface area contributed by atoms with E-state index in [0.29, 0.717) is 47.3 Å². The Hall–Kier alpha value is -4.25. The maximum atomic E-state index is 13.2. The number of nitrogens with one attached hydrogen (secondary N) is 2. The normalized spacial score (nSPS) is 14.1. The maximum absolute atomic E-state index is 13.2. The first-order valence-electron chi connectivity index (χ1n) is 11.6. The monoisotopic (exact) mass is 519 g/mol. The van der Waals surface area contributed by atoms with Crippen LogP contribution < -0.4 is 14.8 Å². The lowest BCUT2D eigenvalue weighted by Gasteiger charge is -2.13. The van der Waals surface area contributed by atoms with Crippen molar-refractivity contribution in [1.29, 1.82) is 0 Å². The summed E-state index contributed by atoms with van der Waals surface area (Å²) < 4.78 is 38.8. The lowest BCUT2D eigenvalue weighted by molar-refractivity contribution is -0.118. The van der Waals surface area contributed by atoms with Crippen LogP contribution in [-0.4, -0.2) is 36.6 Å². The van der Waals surface area contributed by atoms with Crippen LogP contribution in [0.1, 0.15) is 30.1 Å². The van der Waals surface area contributed by atoms with Crippen LogP contribution in [-0.2, 0) is 20.2 Å². The molecule has 5 rings (SSSR count). The number of amides is 1. The van der Waals surface area contributed by atoms with E-state index in [1.54, 1.807) is 45.2 Å². The summed E-state index contributed by atoms with van der Waals surface area (Å²) in [5.41, 5.74) is 1.70. The number of anilines is 2. The Bertz CT molecular complexity index is 1560. The second kappa shape index (κ2) is 9.32. The number of ether oxygens (including phenoxy) is 1. The summed E-state index contributed by atoms with van der Waals surface area (Å²) in [4.78, 5) is 21.5. The first-order chi connectivity index (χ1) is 17.7. The standard InChI is InChI=1S/C26H25N5O5S/c1-16-13-24(28-17(2)27-16)31-37(33,34)21-9-7-19(8-10-21)29-25(32)26(11-12-26)23-15-22(36-30-23)18-5-4-6-20(14-18)35-3/h4-10,13-15H,11-12H2,1-3H3,(H,29,32)(H,27,28,31). The average molecular weight is 520 g/mol. The van der Waals surface area contributed by atoms with Crippen LogP contribution in [0.4, 0.5) is 11.5 Å². The highest BCUT2D eigenvalue weighted by atomic mass is 32.2. The van der Waals surface area contributed by atoms with E-state index in [9.17, 15) is 13.2 Å². The van der Waals surface area contributed by atoms with E-state index in [-0.39, 0.29) is 16.6 Å². The minimum atomic E-state index is -3.86. The first kappa shape index (κ1) is 24.4. The Morgan fingerprint density at radius 3 is 2.46 bits per heavy atom. The summed E-state index contributed by atoms with van der Waals surface area (Å²) in [5.74, 6) is 1.67. The van der Waals surface area contributed by atoms with Gasteiger partial charge in [0.1, 0.15) is 17.4 Å². The molecule has 0 spiro atoms. The zero-order valence-corrected chi connectivity index (χ0v) is 21.3. The Labute approximate surface area is 214 Å². The highest BCUT2D eigenvalue weighted by molar-refractivity contribution is 7.92. The molecular weight excluding hydrogens is 494 g/mol. The summed E-state index contributed by atoms with van der Waals surface area (Å²) in [6.45, 7) is 3.45. The Morgan fingerprint density at radius 2 is 1.78 bits per heavy atom. The second-order valence-corrected chi connectivity index (χ2v) is 10.6. The molecule has 0 atom stereocenters. The number of hydrogen-bond donors (Lipinski definition) is 2. The van der Waals surface area contributed by atoms with Crippen LogP contribution in [0, 0.1) is 13.8 Å². The van der Waals surface area contributed by atoms with Crippen molar-refractivity contribution in [3.8, 4) is 17.1 Å². The van der Waals surface area contributed by atoms with E-state index >= 15 is 0 Å². The summed E-state index contributed by atoms with van der Waals surface area (Å²) in [6, 6.07) is 16.7. The molecule has 0 bridgehead atoms. The zero-order chi connectivity index (χ0) is 26.2. The molecular formula is C26H25N5O5S. The second-order valence-electron chi connectivity index (χ2n) is 8.92. The van der Waals surface area contributed by atoms with Crippen LogP contribution in [0.3, 0.4) is 0 Å². The van der Waals surface area contributed by atoms with E-state index in [2.05, 4.69) is 25.2 Å². The number of carbonyl (C=O) groups excluding carboxylic acids is 1. The third-order valence-electron chi connectivity index (χ3n) is 6.17. The van der Waals surface area contributed by atoms with Crippen LogP contribution in [0.5, 0.6) is 5.75 Å². The molecule has 2 heterocycles. The minimum Gasteiger partial charge on any atom is -0.497 e. The van der Waals surface area contributed by atoms with Crippen molar-refractivity contribution >= 4 is 27.4 Å². The average Bonchev–Trinajstić information content (AvgIpc) is 3.53. The van der Waals surface area contributed by atoms with Crippen molar-refractivity contribution in [2.24, 2.45) is 0 Å². The number of nitrogens with zero attached hydrogens (tertiary/aromatic N) is 3. The molecule has 10 nitrogen and oxygen atoms in total. The van der Waals surface area contributed by atoms with Crippen LogP contribution in [0.2, 0.25) is 0 Å². The van der Waals surface area contributed by atoms with Crippen molar-refractivity contribution in [2.45, 2.75) is 37.0 Å². The zero-order valence-electron chi connectivity index (χ0n) is 20.5. The number of aryl methyl sites for hydroxylation is 2. The molecule has 11 heteroatoms. The van der Waals surface area contributed by atoms with Crippen molar-refractivity contribution in [3.05, 3.63) is 77.9 Å². The number of hydrogen-bond acceptors (Lipinski definition) is 8. The number of carbonyl (C=O) groups is 1. The number of aromatic nitrogens is 3. The third-order valence-corrected chi connectivity index (χ3v) is 7.54. The van der Waals surface area contributed by atoms with Crippen molar-refractivity contribution in [1.82, 2.24) is 15.1 Å². The predicted octanol–water partition coefficient (Wildman–Crippen LogP) is 4.23. The molecule has 2 aromatic heterocycles. The summed E-state index contributed by atoms with van der Waals surface area (Å²) in [6.07, 6.45) is 1.27. The van der Waals surface area contributed by atoms with Gasteiger partial charge in [-0.25, -0.2) is 18.4 Å². The molecule has 1 amide bonds. The molecule has 2 N–H and O–H groups in total. The predicted molar refractivity (Wildman–Crippen MR) is 137 cm³/mol. The summed E-state index contributed by atoms with van der Waals surface area (Å²) >= 11 is 0. The number of benzene rings is 2. The fraction of sp³-hybridized carbons (Fsp3) is 0.231. The topological polar surface area (TPSA) is 136 Å². The van der Waals surface area contributed by atoms with Gasteiger partial charge in [0.15, 0.2) is 5.76 Å². The van der Waals surface area contributed by atoms with E-state index in [1.165, 1.54) is 12.1 Å². The van der Waals surface area contributed by atoms with Gasteiger partial charge in [-0.2, -0.15) is 0 Å². The molecule has 190 valence electrons. The number of sulfonamides is 1. The van der Waals surface area contributed by atoms with E-state index in [1.807, 2.05) is 24.3 Å². The van der Waals surface area contributed by atoms with Gasteiger partial charge < -0.3 is 14.6 Å². The molecule has 1 aliphatic rings. The summed E-state index contributed by atoms with van der Waals surface area (Å²) in [5, 5.41) is 7.05. The highest BCUT2D eigenvalue weighted by Crippen LogP contribution is 2.49. The Balaban J connectivity index is 1.29. The van der Waals surface area contributed by atoms with E-state index in [0.717, 1.165) is 5.56 Å². The largest absolute Gasteiger partial charge is 0.497 e. The first-order valence-corrected chi connectivity index (χ1v) is 13.1. The molecule has 0 unspecified atom stereocenters. The van der Waals surface area contributed by atoms with Gasteiger partial charge in [-0.1, -0.05) is 17.3 Å². The van der Waals surface area contributed by atoms with Crippen LogP contribution in [0.25, 0.3) is 11.3 Å². The van der Waals surface area contributed by atoms with Crippen molar-refractivity contribution in [2.75, 3.05) is 17.1 Å². The summed E-state index contributed by atoms with van der Waals surface area (Å²) in [7, 11) is -2.27. The number of rotatable bonds is 8. The Kier molecular flexibility index (Phi) is 6.16. The number of methoxy groups -OCH3 is 1. The highest BCUT2D eigenvalue weighted by Gasteiger charge is 2.53. The van der Waals surface area contributed by atoms with Gasteiger partial charge in [-0.3, -0.25) is 9.52 Å². The fourth-order valence-electron chi connectivity index (χ4n) is 4.07. The SMILES string of the molecule is COc1cccc(-c2cc(C3(C(=O)Nc4ccc(S(=O)(=O)Nc5cc(C)nc(C)n5)cc4)CC3)no2)c1. The van der Waals surface area contributed by atoms with Gasteiger partial charge in [0.2, 0.25) is 5.91 Å². The quantitative estimate of drug-likeness (QED) is 0.353. The molecule has 1 saturated carbocycles. The maximum Gasteiger partial charge on any atom is 0.263 e. The molecule has 1 aliphatic carbocycles. The van der Waals surface area contributed by atoms with Gasteiger partial charge >= 0.3 is 0 Å². The van der Waals surface area contributed by atoms with Gasteiger partial charge in [-0.05, 0) is 63.1 Å². The van der Waals surface area contributed by atoms with Crippen LogP contribution in [0.15, 0.2) is 70.1 Å². The molecule has 0 aliphatic heterocycles. The molecule has 0 saturated heterocycles.